The lowest BCUT2D eigenvalue weighted by Crippen LogP contribution is -2.09. The van der Waals surface area contributed by atoms with Crippen LogP contribution in [0.4, 0.5) is 11.4 Å². The van der Waals surface area contributed by atoms with E-state index in [2.05, 4.69) is 19.2 Å². The Balaban J connectivity index is 2.24. The van der Waals surface area contributed by atoms with Crippen molar-refractivity contribution in [3.05, 3.63) is 33.9 Å². The Labute approximate surface area is 99.2 Å². The van der Waals surface area contributed by atoms with Crippen LogP contribution >= 0.6 is 0 Å². The van der Waals surface area contributed by atoms with E-state index in [1.54, 1.807) is 6.07 Å². The summed E-state index contributed by atoms with van der Waals surface area (Å²) in [6, 6.07) is 6.65. The summed E-state index contributed by atoms with van der Waals surface area (Å²) < 4.78 is 0. The molecule has 1 aromatic rings. The van der Waals surface area contributed by atoms with E-state index >= 15 is 0 Å². The largest absolute Gasteiger partial charge is 0.381 e. The topological polar surface area (TPSA) is 79.0 Å². The van der Waals surface area contributed by atoms with Gasteiger partial charge in [-0.05, 0) is 17.9 Å². The lowest BCUT2D eigenvalue weighted by molar-refractivity contribution is -0.384. The number of hydrogen-bond donors (Lipinski definition) is 1. The molecule has 0 heterocycles. The van der Waals surface area contributed by atoms with Crippen LogP contribution in [0.5, 0.6) is 0 Å². The maximum atomic E-state index is 10.6. The molecule has 0 aromatic heterocycles. The predicted octanol–water partition coefficient (Wildman–Crippen LogP) is 2.68. The van der Waals surface area contributed by atoms with Gasteiger partial charge in [-0.2, -0.15) is 5.26 Å². The van der Waals surface area contributed by atoms with Crippen LogP contribution < -0.4 is 5.32 Å². The molecule has 0 amide bonds. The lowest BCUT2D eigenvalue weighted by Gasteiger charge is -2.09. The Hall–Kier alpha value is -2.09. The lowest BCUT2D eigenvalue weighted by atomic mass is 10.1. The molecule has 1 N–H and O–H groups in total. The van der Waals surface area contributed by atoms with Crippen LogP contribution in [0.15, 0.2) is 18.2 Å². The van der Waals surface area contributed by atoms with Gasteiger partial charge < -0.3 is 5.32 Å². The van der Waals surface area contributed by atoms with Crippen molar-refractivity contribution in [2.45, 2.75) is 26.3 Å². The van der Waals surface area contributed by atoms with Crippen LogP contribution in [0.1, 0.15) is 25.8 Å². The van der Waals surface area contributed by atoms with Gasteiger partial charge in [0.1, 0.15) is 6.07 Å². The van der Waals surface area contributed by atoms with Crippen molar-refractivity contribution in [3.8, 4) is 6.07 Å². The average molecular weight is 231 g/mol. The fourth-order valence-corrected chi connectivity index (χ4v) is 1.77. The predicted molar refractivity (Wildman–Crippen MR) is 63.6 cm³/mol. The molecule has 0 aliphatic heterocycles. The smallest absolute Gasteiger partial charge is 0.270 e. The van der Waals surface area contributed by atoms with Gasteiger partial charge in [-0.1, -0.05) is 13.8 Å². The third-order valence-electron chi connectivity index (χ3n) is 3.18. The number of benzene rings is 1. The van der Waals surface area contributed by atoms with Gasteiger partial charge in [0.2, 0.25) is 0 Å². The first kappa shape index (κ1) is 11.4. The minimum atomic E-state index is -0.494. The molecule has 0 radical (unpaired) electrons. The first-order valence-electron chi connectivity index (χ1n) is 5.39. The summed E-state index contributed by atoms with van der Waals surface area (Å²) in [5.74, 6) is 0. The number of nitro benzene ring substituents is 1. The second kappa shape index (κ2) is 3.74. The molecule has 1 fully saturated rings. The molecule has 88 valence electrons. The Morgan fingerprint density at radius 2 is 2.24 bits per heavy atom. The number of nitro groups is 1. The first-order valence-corrected chi connectivity index (χ1v) is 5.39. The SMILES string of the molecule is CC1(C)CC1Nc1ccc([N+](=O)[O-])cc1C#N. The molecule has 5 nitrogen and oxygen atoms in total. The summed E-state index contributed by atoms with van der Waals surface area (Å²) in [6.45, 7) is 4.28. The van der Waals surface area contributed by atoms with E-state index in [1.807, 2.05) is 6.07 Å². The van der Waals surface area contributed by atoms with Gasteiger partial charge >= 0.3 is 0 Å². The molecule has 1 aromatic carbocycles. The van der Waals surface area contributed by atoms with Crippen molar-refractivity contribution >= 4 is 11.4 Å². The van der Waals surface area contributed by atoms with E-state index in [0.717, 1.165) is 6.42 Å². The molecule has 5 heteroatoms. The van der Waals surface area contributed by atoms with Crippen molar-refractivity contribution in [2.75, 3.05) is 5.32 Å². The Morgan fingerprint density at radius 3 is 2.71 bits per heavy atom. The van der Waals surface area contributed by atoms with Crippen LogP contribution in [0.3, 0.4) is 0 Å². The van der Waals surface area contributed by atoms with Gasteiger partial charge in [-0.15, -0.1) is 0 Å². The van der Waals surface area contributed by atoms with Gasteiger partial charge in [-0.3, -0.25) is 10.1 Å². The third-order valence-corrected chi connectivity index (χ3v) is 3.18. The zero-order chi connectivity index (χ0) is 12.6. The quantitative estimate of drug-likeness (QED) is 0.640. The minimum Gasteiger partial charge on any atom is -0.381 e. The summed E-state index contributed by atoms with van der Waals surface area (Å²) in [5, 5.41) is 22.8. The van der Waals surface area contributed by atoms with E-state index in [-0.39, 0.29) is 11.1 Å². The molecule has 17 heavy (non-hydrogen) atoms. The van der Waals surface area contributed by atoms with E-state index in [9.17, 15) is 10.1 Å². The monoisotopic (exact) mass is 231 g/mol. The summed E-state index contributed by atoms with van der Waals surface area (Å²) in [4.78, 5) is 10.1. The maximum Gasteiger partial charge on any atom is 0.270 e. The van der Waals surface area contributed by atoms with Gasteiger partial charge in [0, 0.05) is 18.2 Å². The fourth-order valence-electron chi connectivity index (χ4n) is 1.77. The second-order valence-corrected chi connectivity index (χ2v) is 4.99. The van der Waals surface area contributed by atoms with Crippen LogP contribution in [-0.2, 0) is 0 Å². The summed E-state index contributed by atoms with van der Waals surface area (Å²) in [6.07, 6.45) is 1.05. The van der Waals surface area contributed by atoms with Crippen molar-refractivity contribution in [1.29, 1.82) is 5.26 Å². The Morgan fingerprint density at radius 1 is 1.59 bits per heavy atom. The van der Waals surface area contributed by atoms with Crippen LogP contribution in [0.25, 0.3) is 0 Å². The summed E-state index contributed by atoms with van der Waals surface area (Å²) in [7, 11) is 0. The molecule has 0 bridgehead atoms. The van der Waals surface area contributed by atoms with Gasteiger partial charge in [0.15, 0.2) is 0 Å². The average Bonchev–Trinajstić information content (AvgIpc) is 2.86. The van der Waals surface area contributed by atoms with E-state index in [4.69, 9.17) is 5.26 Å². The van der Waals surface area contributed by atoms with Gasteiger partial charge in [0.25, 0.3) is 5.69 Å². The molecular weight excluding hydrogens is 218 g/mol. The number of nitrogens with zero attached hydrogens (tertiary/aromatic N) is 2. The number of rotatable bonds is 3. The van der Waals surface area contributed by atoms with E-state index < -0.39 is 4.92 Å². The normalized spacial score (nSPS) is 20.4. The zero-order valence-electron chi connectivity index (χ0n) is 9.73. The maximum absolute atomic E-state index is 10.6. The first-order chi connectivity index (χ1) is 7.94. The molecule has 1 aliphatic carbocycles. The summed E-state index contributed by atoms with van der Waals surface area (Å²) in [5.41, 5.74) is 1.19. The highest BCUT2D eigenvalue weighted by molar-refractivity contribution is 5.62. The van der Waals surface area contributed by atoms with Gasteiger partial charge in [0.05, 0.1) is 16.2 Å². The Bertz CT molecular complexity index is 517. The highest BCUT2D eigenvalue weighted by atomic mass is 16.6. The molecule has 1 saturated carbocycles. The minimum absolute atomic E-state index is 0.0536. The molecule has 1 aliphatic rings. The third kappa shape index (κ3) is 2.21. The molecule has 1 atom stereocenters. The number of nitrogens with one attached hydrogen (secondary N) is 1. The van der Waals surface area contributed by atoms with Crippen molar-refractivity contribution in [3.63, 3.8) is 0 Å². The summed E-state index contributed by atoms with van der Waals surface area (Å²) >= 11 is 0. The standard InChI is InChI=1S/C12H13N3O2/c1-12(2)6-11(12)14-10-4-3-9(15(16)17)5-8(10)7-13/h3-5,11,14H,6H2,1-2H3. The van der Waals surface area contributed by atoms with E-state index in [0.29, 0.717) is 17.3 Å². The van der Waals surface area contributed by atoms with E-state index in [1.165, 1.54) is 12.1 Å². The molecule has 1 unspecified atom stereocenters. The van der Waals surface area contributed by atoms with Crippen LogP contribution in [0, 0.1) is 26.9 Å². The molecule has 0 saturated heterocycles. The van der Waals surface area contributed by atoms with Gasteiger partial charge in [-0.25, -0.2) is 0 Å². The van der Waals surface area contributed by atoms with Crippen LogP contribution in [0.2, 0.25) is 0 Å². The number of nitriles is 1. The van der Waals surface area contributed by atoms with Crippen molar-refractivity contribution in [1.82, 2.24) is 0 Å². The Kier molecular flexibility index (Phi) is 2.50. The number of non-ortho nitro benzene ring substituents is 1. The highest BCUT2D eigenvalue weighted by Gasteiger charge is 2.45. The fraction of sp³-hybridized carbons (Fsp3) is 0.417. The second-order valence-electron chi connectivity index (χ2n) is 4.99. The van der Waals surface area contributed by atoms with Crippen molar-refractivity contribution in [2.24, 2.45) is 5.41 Å². The van der Waals surface area contributed by atoms with Crippen LogP contribution in [-0.4, -0.2) is 11.0 Å². The molecular formula is C12H13N3O2. The molecule has 0 spiro atoms. The highest BCUT2D eigenvalue weighted by Crippen LogP contribution is 2.46. The number of hydrogen-bond acceptors (Lipinski definition) is 4. The van der Waals surface area contributed by atoms with Crippen molar-refractivity contribution < 1.29 is 4.92 Å². The zero-order valence-corrected chi connectivity index (χ0v) is 9.73. The molecule has 2 rings (SSSR count). The number of anilines is 1.